The molecule has 0 aliphatic rings. The van der Waals surface area contributed by atoms with Crippen LogP contribution in [0.2, 0.25) is 0 Å². The van der Waals surface area contributed by atoms with Gasteiger partial charge in [0, 0.05) is 35.6 Å². The molecule has 0 saturated heterocycles. The van der Waals surface area contributed by atoms with Gasteiger partial charge in [-0.25, -0.2) is 14.5 Å². The standard InChI is InChI=1S/C30H26N6O4/c1-16(2)20-14-21(27(38)15-26(20)37)28-33-34-30(40)36(28)18-8-9-24-17(12-18)13-25(35(24)3)29(39)32-23-10-11-31-22-7-5-4-6-19(22)23/h4-16,37-38H,1-3H3,(H,34,40)(H,31,32,39). The highest BCUT2D eigenvalue weighted by Crippen LogP contribution is 2.37. The molecule has 0 fully saturated rings. The first-order valence-electron chi connectivity index (χ1n) is 12.7. The quantitative estimate of drug-likeness (QED) is 0.244. The molecular weight excluding hydrogens is 508 g/mol. The predicted octanol–water partition coefficient (Wildman–Crippen LogP) is 5.05. The molecule has 0 radical (unpaired) electrons. The van der Waals surface area contributed by atoms with Crippen LogP contribution in [0.4, 0.5) is 5.69 Å². The van der Waals surface area contributed by atoms with Gasteiger partial charge >= 0.3 is 5.69 Å². The van der Waals surface area contributed by atoms with Gasteiger partial charge in [0.15, 0.2) is 5.82 Å². The van der Waals surface area contributed by atoms with E-state index in [2.05, 4.69) is 20.5 Å². The molecule has 0 spiro atoms. The Balaban J connectivity index is 1.40. The van der Waals surface area contributed by atoms with Crippen LogP contribution in [0.3, 0.4) is 0 Å². The van der Waals surface area contributed by atoms with E-state index in [1.54, 1.807) is 48.1 Å². The second-order valence-electron chi connectivity index (χ2n) is 9.93. The zero-order chi connectivity index (χ0) is 28.1. The van der Waals surface area contributed by atoms with E-state index >= 15 is 0 Å². The second-order valence-corrected chi connectivity index (χ2v) is 9.93. The lowest BCUT2D eigenvalue weighted by Gasteiger charge is -2.13. The lowest BCUT2D eigenvalue weighted by atomic mass is 9.98. The molecule has 6 aromatic rings. The number of H-pyrrole nitrogens is 1. The van der Waals surface area contributed by atoms with Crippen molar-refractivity contribution in [1.29, 1.82) is 0 Å². The van der Waals surface area contributed by atoms with Crippen molar-refractivity contribution in [3.63, 3.8) is 0 Å². The number of para-hydroxylation sites is 1. The van der Waals surface area contributed by atoms with Gasteiger partial charge in [-0.3, -0.25) is 9.78 Å². The minimum atomic E-state index is -0.494. The first-order chi connectivity index (χ1) is 19.2. The lowest BCUT2D eigenvalue weighted by molar-refractivity contribution is 0.102. The second kappa shape index (κ2) is 9.42. The van der Waals surface area contributed by atoms with Crippen LogP contribution in [-0.2, 0) is 7.05 Å². The number of hydrogen-bond acceptors (Lipinski definition) is 6. The van der Waals surface area contributed by atoms with Crippen LogP contribution < -0.4 is 11.0 Å². The number of benzene rings is 3. The number of aryl methyl sites for hydroxylation is 1. The van der Waals surface area contributed by atoms with Crippen LogP contribution in [-0.4, -0.2) is 40.4 Å². The van der Waals surface area contributed by atoms with Crippen molar-refractivity contribution in [2.75, 3.05) is 5.32 Å². The molecule has 1 amide bonds. The molecule has 0 bridgehead atoms. The van der Waals surface area contributed by atoms with Gasteiger partial charge in [0.1, 0.15) is 17.2 Å². The van der Waals surface area contributed by atoms with Crippen molar-refractivity contribution in [1.82, 2.24) is 24.3 Å². The molecule has 0 aliphatic heterocycles. The molecule has 3 aromatic heterocycles. The molecule has 3 heterocycles. The number of nitrogens with zero attached hydrogens (tertiary/aromatic N) is 4. The molecule has 0 saturated carbocycles. The van der Waals surface area contributed by atoms with Crippen LogP contribution >= 0.6 is 0 Å². The summed E-state index contributed by atoms with van der Waals surface area (Å²) in [6.45, 7) is 3.84. The summed E-state index contributed by atoms with van der Waals surface area (Å²) in [7, 11) is 1.80. The number of aromatic nitrogens is 5. The third-order valence-electron chi connectivity index (χ3n) is 7.09. The SMILES string of the molecule is CC(C)c1cc(-c2n[nH]c(=O)n2-c2ccc3c(c2)cc(C(=O)Nc2ccnc4ccccc24)n3C)c(O)cc1O. The maximum Gasteiger partial charge on any atom is 0.348 e. The van der Waals surface area contributed by atoms with Gasteiger partial charge in [-0.15, -0.1) is 0 Å². The molecule has 40 heavy (non-hydrogen) atoms. The molecule has 4 N–H and O–H groups in total. The van der Waals surface area contributed by atoms with E-state index in [1.807, 2.05) is 44.2 Å². The van der Waals surface area contributed by atoms with Crippen LogP contribution in [0.25, 0.3) is 38.9 Å². The Labute approximate surface area is 228 Å². The van der Waals surface area contributed by atoms with E-state index in [4.69, 9.17) is 0 Å². The number of phenols is 2. The lowest BCUT2D eigenvalue weighted by Crippen LogP contribution is -2.16. The number of amides is 1. The summed E-state index contributed by atoms with van der Waals surface area (Å²) in [5.41, 5.74) is 3.59. The van der Waals surface area contributed by atoms with Gasteiger partial charge in [0.05, 0.1) is 22.5 Å². The number of carbonyl (C=O) groups is 1. The summed E-state index contributed by atoms with van der Waals surface area (Å²) in [5.74, 6) is -0.341. The highest BCUT2D eigenvalue weighted by atomic mass is 16.3. The number of aromatic hydroxyl groups is 2. The van der Waals surface area contributed by atoms with Crippen LogP contribution in [0, 0.1) is 0 Å². The smallest absolute Gasteiger partial charge is 0.348 e. The molecule has 6 rings (SSSR count). The Morgan fingerprint density at radius 1 is 1.00 bits per heavy atom. The van der Waals surface area contributed by atoms with Crippen molar-refractivity contribution >= 4 is 33.4 Å². The monoisotopic (exact) mass is 534 g/mol. The fourth-order valence-electron chi connectivity index (χ4n) is 5.04. The van der Waals surface area contributed by atoms with Crippen molar-refractivity contribution in [2.24, 2.45) is 7.05 Å². The van der Waals surface area contributed by atoms with Gasteiger partial charge in [-0.05, 0) is 53.9 Å². The molecule has 10 heteroatoms. The van der Waals surface area contributed by atoms with E-state index in [0.717, 1.165) is 21.8 Å². The number of nitrogens with one attached hydrogen (secondary N) is 2. The average Bonchev–Trinajstić information content (AvgIpc) is 3.48. The number of fused-ring (bicyclic) bond motifs is 2. The van der Waals surface area contributed by atoms with E-state index < -0.39 is 5.69 Å². The first kappa shape index (κ1) is 24.9. The van der Waals surface area contributed by atoms with E-state index in [0.29, 0.717) is 28.2 Å². The third kappa shape index (κ3) is 4.06. The van der Waals surface area contributed by atoms with Crippen LogP contribution in [0.1, 0.15) is 35.8 Å². The molecule has 3 aromatic carbocycles. The van der Waals surface area contributed by atoms with E-state index in [1.165, 1.54) is 10.6 Å². The molecule has 0 unspecified atom stereocenters. The van der Waals surface area contributed by atoms with Crippen LogP contribution in [0.15, 0.2) is 77.7 Å². The summed E-state index contributed by atoms with van der Waals surface area (Å²) < 4.78 is 3.14. The van der Waals surface area contributed by atoms with Crippen LogP contribution in [0.5, 0.6) is 11.5 Å². The third-order valence-corrected chi connectivity index (χ3v) is 7.09. The average molecular weight is 535 g/mol. The number of rotatable bonds is 5. The zero-order valence-electron chi connectivity index (χ0n) is 22.0. The summed E-state index contributed by atoms with van der Waals surface area (Å²) in [5, 5.41) is 32.1. The van der Waals surface area contributed by atoms with Gasteiger partial charge in [-0.1, -0.05) is 32.0 Å². The number of phenolic OH excluding ortho intramolecular Hbond substituents is 2. The van der Waals surface area contributed by atoms with Gasteiger partial charge < -0.3 is 20.1 Å². The Hall–Kier alpha value is -5.38. The van der Waals surface area contributed by atoms with Gasteiger partial charge in [-0.2, -0.15) is 5.10 Å². The first-order valence-corrected chi connectivity index (χ1v) is 12.7. The topological polar surface area (TPSA) is 138 Å². The number of pyridine rings is 1. The number of carbonyl (C=O) groups excluding carboxylic acids is 1. The van der Waals surface area contributed by atoms with Gasteiger partial charge in [0.25, 0.3) is 5.91 Å². The van der Waals surface area contributed by atoms with Crippen molar-refractivity contribution in [3.8, 4) is 28.6 Å². The highest BCUT2D eigenvalue weighted by Gasteiger charge is 2.21. The number of aromatic amines is 1. The fourth-order valence-corrected chi connectivity index (χ4v) is 5.04. The summed E-state index contributed by atoms with van der Waals surface area (Å²) in [6.07, 6.45) is 1.65. The predicted molar refractivity (Wildman–Crippen MR) is 153 cm³/mol. The number of anilines is 1. The number of hydrogen-bond donors (Lipinski definition) is 4. The summed E-state index contributed by atoms with van der Waals surface area (Å²) in [6, 6.07) is 19.4. The molecule has 0 atom stereocenters. The summed E-state index contributed by atoms with van der Waals surface area (Å²) in [4.78, 5) is 30.6. The maximum atomic E-state index is 13.3. The van der Waals surface area contributed by atoms with Crippen molar-refractivity contribution in [3.05, 3.63) is 94.7 Å². The Morgan fingerprint density at radius 3 is 2.60 bits per heavy atom. The molecule has 200 valence electrons. The molecule has 10 nitrogen and oxygen atoms in total. The van der Waals surface area contributed by atoms with Crippen molar-refractivity contribution < 1.29 is 15.0 Å². The van der Waals surface area contributed by atoms with E-state index in [-0.39, 0.29) is 29.1 Å². The molecular formula is C30H26N6O4. The molecule has 0 aliphatic carbocycles. The normalized spacial score (nSPS) is 11.5. The maximum absolute atomic E-state index is 13.3. The van der Waals surface area contributed by atoms with E-state index in [9.17, 15) is 19.8 Å². The fraction of sp³-hybridized carbons (Fsp3) is 0.133. The zero-order valence-corrected chi connectivity index (χ0v) is 22.0. The largest absolute Gasteiger partial charge is 0.508 e. The Morgan fingerprint density at radius 2 is 1.80 bits per heavy atom. The summed E-state index contributed by atoms with van der Waals surface area (Å²) >= 11 is 0. The minimum absolute atomic E-state index is 0.0196. The minimum Gasteiger partial charge on any atom is -0.508 e. The highest BCUT2D eigenvalue weighted by molar-refractivity contribution is 6.10. The van der Waals surface area contributed by atoms with Crippen molar-refractivity contribution in [2.45, 2.75) is 19.8 Å². The van der Waals surface area contributed by atoms with Gasteiger partial charge in [0.2, 0.25) is 0 Å². The Kier molecular flexibility index (Phi) is 5.87. The Bertz CT molecular complexity index is 1990.